The highest BCUT2D eigenvalue weighted by Crippen LogP contribution is 2.26. The van der Waals surface area contributed by atoms with E-state index < -0.39 is 10.5 Å². The molecule has 20 heavy (non-hydrogen) atoms. The predicted molar refractivity (Wildman–Crippen MR) is 76.0 cm³/mol. The number of aliphatic hydroxyl groups is 1. The third kappa shape index (κ3) is 4.65. The van der Waals surface area contributed by atoms with E-state index in [2.05, 4.69) is 10.3 Å². The molecule has 0 fully saturated rings. The first kappa shape index (κ1) is 16.2. The fraction of sp³-hybridized carbons (Fsp3) is 0.615. The molecule has 0 saturated carbocycles. The summed E-state index contributed by atoms with van der Waals surface area (Å²) in [5.74, 6) is 0.694. The number of nitrogens with zero attached hydrogens (tertiary/aromatic N) is 2. The molecule has 0 radical (unpaired) electrons. The first-order chi connectivity index (χ1) is 9.25. The van der Waals surface area contributed by atoms with Gasteiger partial charge in [-0.2, -0.15) is 4.98 Å². The summed E-state index contributed by atoms with van der Waals surface area (Å²) in [5.41, 5.74) is -1.11. The van der Waals surface area contributed by atoms with Crippen molar-refractivity contribution in [1.82, 2.24) is 4.98 Å². The van der Waals surface area contributed by atoms with Gasteiger partial charge in [0.05, 0.1) is 17.6 Å². The molecule has 7 nitrogen and oxygen atoms in total. The van der Waals surface area contributed by atoms with E-state index in [1.165, 1.54) is 19.2 Å². The van der Waals surface area contributed by atoms with E-state index >= 15 is 0 Å². The number of pyridine rings is 1. The topological polar surface area (TPSA) is 97.5 Å². The molecule has 112 valence electrons. The van der Waals surface area contributed by atoms with Gasteiger partial charge in [0.1, 0.15) is 0 Å². The van der Waals surface area contributed by atoms with Crippen LogP contribution in [0, 0.1) is 16.0 Å². The lowest BCUT2D eigenvalue weighted by atomic mass is 9.94. The van der Waals surface area contributed by atoms with E-state index in [4.69, 9.17) is 4.74 Å². The van der Waals surface area contributed by atoms with Crippen molar-refractivity contribution in [2.45, 2.75) is 32.8 Å². The summed E-state index contributed by atoms with van der Waals surface area (Å²) in [5, 5.41) is 24.0. The van der Waals surface area contributed by atoms with Crippen LogP contribution in [0.15, 0.2) is 12.1 Å². The smallest absolute Gasteiger partial charge is 0.311 e. The van der Waals surface area contributed by atoms with E-state index in [1.54, 1.807) is 6.92 Å². The summed E-state index contributed by atoms with van der Waals surface area (Å²) >= 11 is 0. The molecule has 1 unspecified atom stereocenters. The van der Waals surface area contributed by atoms with Gasteiger partial charge in [-0.25, -0.2) is 0 Å². The summed E-state index contributed by atoms with van der Waals surface area (Å²) in [7, 11) is 1.44. The lowest BCUT2D eigenvalue weighted by Crippen LogP contribution is -2.35. The van der Waals surface area contributed by atoms with Crippen molar-refractivity contribution in [3.05, 3.63) is 22.2 Å². The van der Waals surface area contributed by atoms with Gasteiger partial charge in [0, 0.05) is 18.7 Å². The van der Waals surface area contributed by atoms with Crippen LogP contribution in [0.4, 0.5) is 11.5 Å². The Labute approximate surface area is 118 Å². The molecule has 0 aliphatic heterocycles. The number of methoxy groups -OCH3 is 1. The fourth-order valence-corrected chi connectivity index (χ4v) is 2.05. The van der Waals surface area contributed by atoms with Gasteiger partial charge in [0.2, 0.25) is 11.7 Å². The molecule has 0 spiro atoms. The zero-order chi connectivity index (χ0) is 15.3. The summed E-state index contributed by atoms with van der Waals surface area (Å²) in [6.45, 7) is 5.86. The molecule has 1 heterocycles. The minimum atomic E-state index is -0.965. The molecule has 0 aromatic carbocycles. The number of rotatable bonds is 7. The third-order valence-electron chi connectivity index (χ3n) is 2.74. The number of hydrogen-bond acceptors (Lipinski definition) is 6. The SMILES string of the molecule is COc1ccc([N+](=O)[O-])c(NCC(C)(O)CC(C)C)n1. The Kier molecular flexibility index (Phi) is 5.26. The van der Waals surface area contributed by atoms with Crippen LogP contribution in [-0.4, -0.2) is 34.3 Å². The van der Waals surface area contributed by atoms with E-state index in [1.807, 2.05) is 13.8 Å². The van der Waals surface area contributed by atoms with Gasteiger partial charge >= 0.3 is 5.69 Å². The van der Waals surface area contributed by atoms with Crippen LogP contribution >= 0.6 is 0 Å². The van der Waals surface area contributed by atoms with Gasteiger partial charge in [-0.1, -0.05) is 13.8 Å². The first-order valence-electron chi connectivity index (χ1n) is 6.41. The second-order valence-electron chi connectivity index (χ2n) is 5.43. The predicted octanol–water partition coefficient (Wildman–Crippen LogP) is 2.21. The van der Waals surface area contributed by atoms with Gasteiger partial charge in [0.15, 0.2) is 0 Å². The van der Waals surface area contributed by atoms with Crippen molar-refractivity contribution in [3.63, 3.8) is 0 Å². The maximum Gasteiger partial charge on any atom is 0.311 e. The second kappa shape index (κ2) is 6.51. The minimum absolute atomic E-state index is 0.0957. The maximum atomic E-state index is 10.9. The minimum Gasteiger partial charge on any atom is -0.481 e. The van der Waals surface area contributed by atoms with Crippen LogP contribution < -0.4 is 10.1 Å². The molecule has 2 N–H and O–H groups in total. The zero-order valence-electron chi connectivity index (χ0n) is 12.2. The molecular weight excluding hydrogens is 262 g/mol. The number of nitrogens with one attached hydrogen (secondary N) is 1. The van der Waals surface area contributed by atoms with Gasteiger partial charge in [0.25, 0.3) is 0 Å². The average molecular weight is 283 g/mol. The van der Waals surface area contributed by atoms with Crippen molar-refractivity contribution in [1.29, 1.82) is 0 Å². The first-order valence-corrected chi connectivity index (χ1v) is 6.41. The van der Waals surface area contributed by atoms with Gasteiger partial charge in [-0.3, -0.25) is 10.1 Å². The Hall–Kier alpha value is -1.89. The van der Waals surface area contributed by atoms with E-state index in [-0.39, 0.29) is 23.9 Å². The molecule has 0 aliphatic rings. The number of hydrogen-bond donors (Lipinski definition) is 2. The second-order valence-corrected chi connectivity index (χ2v) is 5.43. The zero-order valence-corrected chi connectivity index (χ0v) is 12.2. The molecule has 0 amide bonds. The van der Waals surface area contributed by atoms with Crippen LogP contribution in [0.25, 0.3) is 0 Å². The molecule has 0 aliphatic carbocycles. The fourth-order valence-electron chi connectivity index (χ4n) is 2.05. The van der Waals surface area contributed by atoms with Crippen LogP contribution in [0.5, 0.6) is 5.88 Å². The van der Waals surface area contributed by atoms with Crippen LogP contribution in [-0.2, 0) is 0 Å². The maximum absolute atomic E-state index is 10.9. The van der Waals surface area contributed by atoms with E-state index in [9.17, 15) is 15.2 Å². The number of ether oxygens (including phenoxy) is 1. The van der Waals surface area contributed by atoms with Crippen LogP contribution in [0.2, 0.25) is 0 Å². The Balaban J connectivity index is 2.87. The Bertz CT molecular complexity index is 475. The lowest BCUT2D eigenvalue weighted by Gasteiger charge is -2.25. The van der Waals surface area contributed by atoms with Crippen molar-refractivity contribution in [3.8, 4) is 5.88 Å². The van der Waals surface area contributed by atoms with E-state index in [0.717, 1.165) is 0 Å². The van der Waals surface area contributed by atoms with Crippen molar-refractivity contribution in [2.75, 3.05) is 19.0 Å². The van der Waals surface area contributed by atoms with Crippen molar-refractivity contribution < 1.29 is 14.8 Å². The number of aromatic nitrogens is 1. The number of anilines is 1. The van der Waals surface area contributed by atoms with Crippen molar-refractivity contribution >= 4 is 11.5 Å². The summed E-state index contributed by atoms with van der Waals surface area (Å²) in [6.07, 6.45) is 0.581. The molecule has 7 heteroatoms. The Morgan fingerprint density at radius 3 is 2.70 bits per heavy atom. The molecule has 1 aromatic rings. The van der Waals surface area contributed by atoms with Gasteiger partial charge in [-0.15, -0.1) is 0 Å². The van der Waals surface area contributed by atoms with Gasteiger partial charge < -0.3 is 15.2 Å². The molecule has 0 bridgehead atoms. The van der Waals surface area contributed by atoms with Crippen LogP contribution in [0.1, 0.15) is 27.2 Å². The highest BCUT2D eigenvalue weighted by molar-refractivity contribution is 5.57. The lowest BCUT2D eigenvalue weighted by molar-refractivity contribution is -0.384. The average Bonchev–Trinajstić information content (AvgIpc) is 2.34. The largest absolute Gasteiger partial charge is 0.481 e. The summed E-state index contributed by atoms with van der Waals surface area (Å²) in [6, 6.07) is 2.75. The standard InChI is InChI=1S/C13H21N3O4/c1-9(2)7-13(3,17)8-14-12-10(16(18)19)5-6-11(15-12)20-4/h5-6,9,17H,7-8H2,1-4H3,(H,14,15). The highest BCUT2D eigenvalue weighted by atomic mass is 16.6. The molecular formula is C13H21N3O4. The normalized spacial score (nSPS) is 13.9. The molecule has 0 saturated heterocycles. The van der Waals surface area contributed by atoms with Crippen LogP contribution in [0.3, 0.4) is 0 Å². The van der Waals surface area contributed by atoms with E-state index in [0.29, 0.717) is 12.3 Å². The third-order valence-corrected chi connectivity index (χ3v) is 2.74. The number of nitro groups is 1. The molecule has 1 atom stereocenters. The molecule has 1 aromatic heterocycles. The summed E-state index contributed by atoms with van der Waals surface area (Å²) < 4.78 is 4.95. The highest BCUT2D eigenvalue weighted by Gasteiger charge is 2.24. The Morgan fingerprint density at radius 1 is 1.55 bits per heavy atom. The van der Waals surface area contributed by atoms with Gasteiger partial charge in [-0.05, 0) is 19.3 Å². The monoisotopic (exact) mass is 283 g/mol. The van der Waals surface area contributed by atoms with Crippen molar-refractivity contribution in [2.24, 2.45) is 5.92 Å². The quantitative estimate of drug-likeness (QED) is 0.588. The Morgan fingerprint density at radius 2 is 2.20 bits per heavy atom. The molecule has 1 rings (SSSR count). The summed E-state index contributed by atoms with van der Waals surface area (Å²) in [4.78, 5) is 14.4.